The second-order valence-electron chi connectivity index (χ2n) is 4.82. The highest BCUT2D eigenvalue weighted by molar-refractivity contribution is 5.50. The number of hydrogen-bond acceptors (Lipinski definition) is 2. The van der Waals surface area contributed by atoms with E-state index >= 15 is 0 Å². The van der Waals surface area contributed by atoms with Gasteiger partial charge in [-0.1, -0.05) is 37.6 Å². The highest BCUT2D eigenvalue weighted by atomic mass is 19.4. The lowest BCUT2D eigenvalue weighted by molar-refractivity contribution is -0.138. The van der Waals surface area contributed by atoms with Crippen LogP contribution in [0.5, 0.6) is 17.2 Å². The number of unbranched alkanes of at least 4 members (excludes halogenated alkanes) is 1. The first-order valence-corrected chi connectivity index (χ1v) is 7.27. The van der Waals surface area contributed by atoms with Gasteiger partial charge in [-0.3, -0.25) is 0 Å². The van der Waals surface area contributed by atoms with Gasteiger partial charge in [-0.25, -0.2) is 0 Å². The molecule has 0 saturated carbocycles. The predicted molar refractivity (Wildman–Crippen MR) is 82.6 cm³/mol. The molecule has 0 atom stereocenters. The Hall–Kier alpha value is -2.43. The number of rotatable bonds is 6. The number of halogens is 3. The number of benzene rings is 2. The molecule has 23 heavy (non-hydrogen) atoms. The fourth-order valence-electron chi connectivity index (χ4n) is 1.90. The van der Waals surface area contributed by atoms with Gasteiger partial charge in [0.15, 0.2) is 11.5 Å². The van der Waals surface area contributed by atoms with Crippen LogP contribution in [0.25, 0.3) is 0 Å². The molecule has 0 N–H and O–H groups in total. The molecule has 2 aromatic rings. The zero-order chi connectivity index (χ0) is 16.7. The fraction of sp³-hybridized carbons (Fsp3) is 0.222. The van der Waals surface area contributed by atoms with Crippen LogP contribution in [-0.4, -0.2) is 0 Å². The average molecular weight is 322 g/mol. The van der Waals surface area contributed by atoms with Crippen molar-refractivity contribution < 1.29 is 22.6 Å². The Kier molecular flexibility index (Phi) is 5.68. The summed E-state index contributed by atoms with van der Waals surface area (Å²) in [4.78, 5) is 0. The van der Waals surface area contributed by atoms with Crippen LogP contribution in [0, 0.1) is 0 Å². The quantitative estimate of drug-likeness (QED) is 0.590. The van der Waals surface area contributed by atoms with Crippen molar-refractivity contribution in [1.82, 2.24) is 0 Å². The van der Waals surface area contributed by atoms with Crippen molar-refractivity contribution in [3.8, 4) is 17.2 Å². The summed E-state index contributed by atoms with van der Waals surface area (Å²) in [6.07, 6.45) is 0.323. The average Bonchev–Trinajstić information content (AvgIpc) is 2.52. The van der Waals surface area contributed by atoms with Crippen LogP contribution in [0.4, 0.5) is 13.2 Å². The molecular formula is C18H17F3O2. The lowest BCUT2D eigenvalue weighted by atomic mass is 10.1. The van der Waals surface area contributed by atoms with Crippen LogP contribution in [0.1, 0.15) is 25.3 Å². The Morgan fingerprint density at radius 3 is 2.39 bits per heavy atom. The molecule has 0 saturated heterocycles. The second kappa shape index (κ2) is 7.72. The third-order valence-electron chi connectivity index (χ3n) is 2.99. The smallest absolute Gasteiger partial charge is 0.420 e. The molecule has 0 aliphatic carbocycles. The molecule has 0 aliphatic rings. The highest BCUT2D eigenvalue weighted by Gasteiger charge is 2.36. The van der Waals surface area contributed by atoms with Gasteiger partial charge in [0.05, 0.1) is 6.26 Å². The van der Waals surface area contributed by atoms with E-state index in [1.165, 1.54) is 18.4 Å². The van der Waals surface area contributed by atoms with Crippen LogP contribution in [-0.2, 0) is 6.18 Å². The largest absolute Gasteiger partial charge is 0.461 e. The van der Waals surface area contributed by atoms with E-state index in [2.05, 4.69) is 0 Å². The predicted octanol–water partition coefficient (Wildman–Crippen LogP) is 6.19. The highest BCUT2D eigenvalue weighted by Crippen LogP contribution is 2.43. The molecule has 0 amide bonds. The zero-order valence-corrected chi connectivity index (χ0v) is 12.6. The monoisotopic (exact) mass is 322 g/mol. The van der Waals surface area contributed by atoms with Crippen LogP contribution in [0.2, 0.25) is 0 Å². The first-order chi connectivity index (χ1) is 11.0. The molecular weight excluding hydrogens is 305 g/mol. The molecule has 0 aromatic heterocycles. The number of allylic oxidation sites excluding steroid dienone is 1. The van der Waals surface area contributed by atoms with Gasteiger partial charge in [0.25, 0.3) is 0 Å². The van der Waals surface area contributed by atoms with E-state index in [9.17, 15) is 13.2 Å². The number of alkyl halides is 3. The van der Waals surface area contributed by atoms with Gasteiger partial charge in [0.2, 0.25) is 0 Å². The summed E-state index contributed by atoms with van der Waals surface area (Å²) in [6.45, 7) is 2.00. The van der Waals surface area contributed by atoms with E-state index in [0.717, 1.165) is 18.9 Å². The van der Waals surface area contributed by atoms with Crippen molar-refractivity contribution in [3.05, 3.63) is 66.4 Å². The molecule has 0 aliphatic heterocycles. The Labute approximate surface area is 133 Å². The third-order valence-corrected chi connectivity index (χ3v) is 2.99. The normalized spacial score (nSPS) is 11.7. The molecule has 5 heteroatoms. The molecule has 2 aromatic carbocycles. The van der Waals surface area contributed by atoms with Gasteiger partial charge in [0, 0.05) is 0 Å². The van der Waals surface area contributed by atoms with Crippen LogP contribution >= 0.6 is 0 Å². The molecule has 2 rings (SSSR count). The van der Waals surface area contributed by atoms with Crippen molar-refractivity contribution in [3.63, 3.8) is 0 Å². The van der Waals surface area contributed by atoms with E-state index < -0.39 is 11.7 Å². The van der Waals surface area contributed by atoms with E-state index in [1.54, 1.807) is 36.4 Å². The lowest BCUT2D eigenvalue weighted by Crippen LogP contribution is -2.08. The summed E-state index contributed by atoms with van der Waals surface area (Å²) in [6, 6.07) is 12.0. The molecule has 122 valence electrons. The number of para-hydroxylation sites is 2. The van der Waals surface area contributed by atoms with E-state index in [1.807, 2.05) is 6.92 Å². The van der Waals surface area contributed by atoms with Gasteiger partial charge >= 0.3 is 6.18 Å². The van der Waals surface area contributed by atoms with Crippen molar-refractivity contribution in [2.75, 3.05) is 0 Å². The molecule has 2 nitrogen and oxygen atoms in total. The van der Waals surface area contributed by atoms with Gasteiger partial charge < -0.3 is 9.47 Å². The van der Waals surface area contributed by atoms with Crippen LogP contribution in [0.3, 0.4) is 0 Å². The molecule has 0 fully saturated rings. The minimum atomic E-state index is -4.53. The van der Waals surface area contributed by atoms with E-state index in [0.29, 0.717) is 5.75 Å². The van der Waals surface area contributed by atoms with Crippen molar-refractivity contribution >= 4 is 0 Å². The summed E-state index contributed by atoms with van der Waals surface area (Å²) in [5.41, 5.74) is -0.872. The second-order valence-corrected chi connectivity index (χ2v) is 4.82. The van der Waals surface area contributed by atoms with Crippen molar-refractivity contribution in [2.24, 2.45) is 0 Å². The minimum absolute atomic E-state index is 0.0241. The Bertz CT molecular complexity index is 649. The molecule has 0 spiro atoms. The Balaban J connectivity index is 2.37. The summed E-state index contributed by atoms with van der Waals surface area (Å²) in [5, 5.41) is 0. The Morgan fingerprint density at radius 1 is 1.00 bits per heavy atom. The van der Waals surface area contributed by atoms with Crippen molar-refractivity contribution in [1.29, 1.82) is 0 Å². The summed E-state index contributed by atoms with van der Waals surface area (Å²) in [7, 11) is 0. The van der Waals surface area contributed by atoms with Crippen LogP contribution < -0.4 is 9.47 Å². The summed E-state index contributed by atoms with van der Waals surface area (Å²) in [5.74, 6) is -0.00466. The standard InChI is InChI=1S/C18H17F3O2/c1-2-3-7-13-22-16-12-8-11-15(18(19,20)21)17(16)23-14-9-5-4-6-10-14/h4-13H,2-3H2,1H3/b13-7+. The minimum Gasteiger partial charge on any atom is -0.461 e. The molecule has 0 heterocycles. The first-order valence-electron chi connectivity index (χ1n) is 7.27. The maximum absolute atomic E-state index is 13.2. The molecule has 0 unspecified atom stereocenters. The van der Waals surface area contributed by atoms with Gasteiger partial charge in [-0.2, -0.15) is 13.2 Å². The van der Waals surface area contributed by atoms with Crippen molar-refractivity contribution in [2.45, 2.75) is 25.9 Å². The summed E-state index contributed by atoms with van der Waals surface area (Å²) < 4.78 is 50.4. The van der Waals surface area contributed by atoms with Gasteiger partial charge in [-0.05, 0) is 36.8 Å². The van der Waals surface area contributed by atoms with E-state index in [4.69, 9.17) is 9.47 Å². The maximum atomic E-state index is 13.2. The maximum Gasteiger partial charge on any atom is 0.420 e. The summed E-state index contributed by atoms with van der Waals surface area (Å²) >= 11 is 0. The van der Waals surface area contributed by atoms with Crippen LogP contribution in [0.15, 0.2) is 60.9 Å². The topological polar surface area (TPSA) is 18.5 Å². The molecule has 0 radical (unpaired) electrons. The van der Waals surface area contributed by atoms with Gasteiger partial charge in [0.1, 0.15) is 11.3 Å². The third kappa shape index (κ3) is 4.77. The SMILES string of the molecule is CCC/C=C/Oc1cccc(C(F)(F)F)c1Oc1ccccc1. The first kappa shape index (κ1) is 16.9. The Morgan fingerprint density at radius 2 is 1.74 bits per heavy atom. The fourth-order valence-corrected chi connectivity index (χ4v) is 1.90. The lowest BCUT2D eigenvalue weighted by Gasteiger charge is -2.16. The van der Waals surface area contributed by atoms with Gasteiger partial charge in [-0.15, -0.1) is 0 Å². The zero-order valence-electron chi connectivity index (χ0n) is 12.6. The molecule has 0 bridgehead atoms. The number of hydrogen-bond donors (Lipinski definition) is 0. The van der Waals surface area contributed by atoms with E-state index in [-0.39, 0.29) is 11.5 Å². The number of ether oxygens (including phenoxy) is 2.